The first-order valence-corrected chi connectivity index (χ1v) is 21.8. The number of nitrogens with one attached hydrogen (secondary N) is 1. The predicted molar refractivity (Wildman–Crippen MR) is 221 cm³/mol. The van der Waals surface area contributed by atoms with Gasteiger partial charge in [0.1, 0.15) is 13.2 Å². The number of aliphatic hydroxyl groups excluding tert-OH is 1. The minimum atomic E-state index is -4.40. The SMILES string of the molecule is CCC/C=C\CCCCCCCC/C=C/[C@@H](O)[C@H](COP(=O)(O)OCC[N+](C)(C)C)NC(=O)CCCC(=O)/C=C/C=C\C/C=C\C/C=C\CCCCC. The zero-order valence-electron chi connectivity index (χ0n) is 34.0. The van der Waals surface area contributed by atoms with Crippen LogP contribution in [-0.4, -0.2) is 79.2 Å². The summed E-state index contributed by atoms with van der Waals surface area (Å²) in [6, 6.07) is -0.968. The maximum Gasteiger partial charge on any atom is 0.472 e. The fourth-order valence-corrected chi connectivity index (χ4v) is 5.79. The van der Waals surface area contributed by atoms with Crippen molar-refractivity contribution < 1.29 is 37.7 Å². The molecule has 0 aromatic heterocycles. The standard InChI is InChI=1S/C43H75N2O7P/c1-6-8-10-12-14-16-18-20-22-24-26-28-30-33-40(46)34-32-36-43(48)44-41(39-52-53(49,50)51-38-37-45(3,4)5)42(47)35-31-29-27-25-23-21-19-17-15-13-11-9-7-2/h11,13-14,16,20,22,26,28,30-31,33,35,41-42,47H,6-10,12,15,17-19,21,23-25,27,29,32,34,36-39H2,1-5H3,(H-,44,48,49,50)/p+1/b13-11-,16-14-,22-20-,28-26-,33-30+,35-31+/t41-,42+/m0/s1. The van der Waals surface area contributed by atoms with Crippen molar-refractivity contribution in [3.8, 4) is 0 Å². The van der Waals surface area contributed by atoms with E-state index in [1.165, 1.54) is 57.4 Å². The Morgan fingerprint density at radius 1 is 0.698 bits per heavy atom. The summed E-state index contributed by atoms with van der Waals surface area (Å²) in [6.45, 7) is 4.49. The van der Waals surface area contributed by atoms with Crippen LogP contribution >= 0.6 is 7.82 Å². The number of unbranched alkanes of at least 4 members (excludes halogenated alkanes) is 11. The van der Waals surface area contributed by atoms with Gasteiger partial charge in [-0.25, -0.2) is 4.57 Å². The van der Waals surface area contributed by atoms with Gasteiger partial charge >= 0.3 is 7.82 Å². The molecule has 0 bridgehead atoms. The van der Waals surface area contributed by atoms with E-state index in [9.17, 15) is 24.2 Å². The Balaban J connectivity index is 4.75. The first-order valence-electron chi connectivity index (χ1n) is 20.3. The Morgan fingerprint density at radius 2 is 1.28 bits per heavy atom. The monoisotopic (exact) mass is 764 g/mol. The van der Waals surface area contributed by atoms with Crippen LogP contribution in [0.3, 0.4) is 0 Å². The molecule has 0 fully saturated rings. The largest absolute Gasteiger partial charge is 0.472 e. The molecule has 3 atom stereocenters. The van der Waals surface area contributed by atoms with E-state index < -0.39 is 26.6 Å². The number of allylic oxidation sites excluding steroid dienone is 11. The van der Waals surface area contributed by atoms with Crippen LogP contribution in [0.25, 0.3) is 0 Å². The molecular formula is C43H76N2O7P+. The van der Waals surface area contributed by atoms with Crippen molar-refractivity contribution >= 4 is 19.5 Å². The number of phosphoric acid groups is 1. The van der Waals surface area contributed by atoms with Crippen molar-refractivity contribution in [1.82, 2.24) is 5.32 Å². The van der Waals surface area contributed by atoms with Gasteiger partial charge in [0.05, 0.1) is 39.9 Å². The summed E-state index contributed by atoms with van der Waals surface area (Å²) >= 11 is 0. The summed E-state index contributed by atoms with van der Waals surface area (Å²) in [7, 11) is 1.41. The number of ketones is 1. The quantitative estimate of drug-likeness (QED) is 0.0147. The molecule has 0 saturated heterocycles. The smallest absolute Gasteiger partial charge is 0.387 e. The van der Waals surface area contributed by atoms with E-state index in [0.717, 1.165) is 51.4 Å². The number of hydrogen-bond acceptors (Lipinski definition) is 6. The number of carbonyl (C=O) groups is 2. The minimum Gasteiger partial charge on any atom is -0.387 e. The second-order valence-electron chi connectivity index (χ2n) is 14.7. The summed E-state index contributed by atoms with van der Waals surface area (Å²) in [5, 5.41) is 13.6. The van der Waals surface area contributed by atoms with Crippen LogP contribution in [-0.2, 0) is 23.2 Å². The molecule has 0 saturated carbocycles. The molecule has 3 N–H and O–H groups in total. The summed E-state index contributed by atoms with van der Waals surface area (Å²) in [5.74, 6) is -0.467. The van der Waals surface area contributed by atoms with Gasteiger partial charge in [0.25, 0.3) is 0 Å². The minimum absolute atomic E-state index is 0.0131. The Hall–Kier alpha value is -2.39. The molecule has 53 heavy (non-hydrogen) atoms. The molecule has 0 heterocycles. The molecule has 0 radical (unpaired) electrons. The van der Waals surface area contributed by atoms with Gasteiger partial charge in [-0.1, -0.05) is 126 Å². The normalized spacial score (nSPS) is 15.2. The van der Waals surface area contributed by atoms with Gasteiger partial charge in [-0.3, -0.25) is 18.6 Å². The number of phosphoric ester groups is 1. The number of quaternary nitrogens is 1. The van der Waals surface area contributed by atoms with Crippen molar-refractivity contribution in [1.29, 1.82) is 0 Å². The van der Waals surface area contributed by atoms with Gasteiger partial charge in [0, 0.05) is 12.8 Å². The molecule has 0 rings (SSSR count). The van der Waals surface area contributed by atoms with Gasteiger partial charge in [-0.05, 0) is 70.3 Å². The number of nitrogens with zero attached hydrogens (tertiary/aromatic N) is 1. The van der Waals surface area contributed by atoms with Crippen LogP contribution in [0.15, 0.2) is 72.9 Å². The Kier molecular flexibility index (Phi) is 32.6. The van der Waals surface area contributed by atoms with Crippen LogP contribution < -0.4 is 5.32 Å². The fourth-order valence-electron chi connectivity index (χ4n) is 5.05. The van der Waals surface area contributed by atoms with Crippen LogP contribution in [0, 0.1) is 0 Å². The summed E-state index contributed by atoms with van der Waals surface area (Å²) in [4.78, 5) is 35.3. The first kappa shape index (κ1) is 50.6. The molecule has 1 amide bonds. The molecule has 0 spiro atoms. The van der Waals surface area contributed by atoms with Crippen molar-refractivity contribution in [3.63, 3.8) is 0 Å². The average molecular weight is 764 g/mol. The van der Waals surface area contributed by atoms with Gasteiger partial charge < -0.3 is 19.8 Å². The topological polar surface area (TPSA) is 122 Å². The highest BCUT2D eigenvalue weighted by atomic mass is 31.2. The number of carbonyl (C=O) groups excluding carboxylic acids is 2. The average Bonchev–Trinajstić information content (AvgIpc) is 3.09. The Morgan fingerprint density at radius 3 is 1.94 bits per heavy atom. The van der Waals surface area contributed by atoms with Gasteiger partial charge in [0.2, 0.25) is 5.91 Å². The van der Waals surface area contributed by atoms with Crippen LogP contribution in [0.1, 0.15) is 136 Å². The lowest BCUT2D eigenvalue weighted by atomic mass is 10.1. The number of likely N-dealkylation sites (N-methyl/N-ethyl adjacent to an activating group) is 1. The summed E-state index contributed by atoms with van der Waals surface area (Å²) < 4.78 is 23.4. The van der Waals surface area contributed by atoms with E-state index in [1.807, 2.05) is 39.4 Å². The highest BCUT2D eigenvalue weighted by molar-refractivity contribution is 7.47. The van der Waals surface area contributed by atoms with Crippen molar-refractivity contribution in [2.75, 3.05) is 40.9 Å². The second kappa shape index (κ2) is 34.1. The number of amides is 1. The third-order valence-corrected chi connectivity index (χ3v) is 9.33. The van der Waals surface area contributed by atoms with Crippen LogP contribution in [0.2, 0.25) is 0 Å². The lowest BCUT2D eigenvalue weighted by molar-refractivity contribution is -0.870. The van der Waals surface area contributed by atoms with Crippen molar-refractivity contribution in [2.24, 2.45) is 0 Å². The molecule has 0 aliphatic heterocycles. The van der Waals surface area contributed by atoms with Crippen molar-refractivity contribution in [2.45, 2.75) is 148 Å². The third-order valence-electron chi connectivity index (χ3n) is 8.35. The van der Waals surface area contributed by atoms with Crippen molar-refractivity contribution in [3.05, 3.63) is 72.9 Å². The maximum atomic E-state index is 12.8. The first-order chi connectivity index (χ1) is 25.4. The number of aliphatic hydroxyl groups is 1. The predicted octanol–water partition coefficient (Wildman–Crippen LogP) is 10.0. The summed E-state index contributed by atoms with van der Waals surface area (Å²) in [5.41, 5.74) is 0. The molecule has 0 aromatic carbocycles. The number of hydrogen-bond donors (Lipinski definition) is 3. The Labute approximate surface area is 323 Å². The van der Waals surface area contributed by atoms with Crippen LogP contribution in [0.4, 0.5) is 0 Å². The lowest BCUT2D eigenvalue weighted by Crippen LogP contribution is -2.45. The van der Waals surface area contributed by atoms with E-state index >= 15 is 0 Å². The van der Waals surface area contributed by atoms with E-state index in [1.54, 1.807) is 12.2 Å². The highest BCUT2D eigenvalue weighted by Crippen LogP contribution is 2.43. The molecule has 0 aromatic rings. The van der Waals surface area contributed by atoms with Crippen LogP contribution in [0.5, 0.6) is 0 Å². The van der Waals surface area contributed by atoms with E-state index in [2.05, 4.69) is 55.6 Å². The zero-order valence-corrected chi connectivity index (χ0v) is 34.9. The molecular weight excluding hydrogens is 687 g/mol. The summed E-state index contributed by atoms with van der Waals surface area (Å²) in [6.07, 6.45) is 41.1. The third kappa shape index (κ3) is 36.4. The molecule has 0 aliphatic carbocycles. The van der Waals surface area contributed by atoms with Gasteiger partial charge in [-0.15, -0.1) is 0 Å². The lowest BCUT2D eigenvalue weighted by Gasteiger charge is -2.25. The van der Waals surface area contributed by atoms with E-state index in [-0.39, 0.29) is 31.1 Å². The Bertz CT molecular complexity index is 1150. The van der Waals surface area contributed by atoms with E-state index in [0.29, 0.717) is 17.4 Å². The highest BCUT2D eigenvalue weighted by Gasteiger charge is 2.27. The maximum absolute atomic E-state index is 12.8. The second-order valence-corrected chi connectivity index (χ2v) is 16.1. The number of rotatable bonds is 35. The molecule has 9 nitrogen and oxygen atoms in total. The molecule has 10 heteroatoms. The zero-order chi connectivity index (χ0) is 39.5. The van der Waals surface area contributed by atoms with Gasteiger partial charge in [-0.2, -0.15) is 0 Å². The molecule has 304 valence electrons. The molecule has 1 unspecified atom stereocenters. The molecule has 0 aliphatic rings. The fraction of sp³-hybridized carbons (Fsp3) is 0.674. The van der Waals surface area contributed by atoms with Gasteiger partial charge in [0.15, 0.2) is 5.78 Å². The van der Waals surface area contributed by atoms with E-state index in [4.69, 9.17) is 9.05 Å².